The normalized spacial score (nSPS) is 24.1. The van der Waals surface area contributed by atoms with Gasteiger partial charge in [-0.3, -0.25) is 4.79 Å². The van der Waals surface area contributed by atoms with Gasteiger partial charge in [-0.2, -0.15) is 0 Å². The molecule has 0 bridgehead atoms. The Labute approximate surface area is 105 Å². The first-order valence-electron chi connectivity index (χ1n) is 7.12. The lowest BCUT2D eigenvalue weighted by molar-refractivity contribution is -0.137. The average molecular weight is 238 g/mol. The van der Waals surface area contributed by atoms with Crippen molar-refractivity contribution in [2.75, 3.05) is 20.1 Å². The number of hydrogen-bond acceptors (Lipinski definition) is 2. The van der Waals surface area contributed by atoms with E-state index in [0.717, 1.165) is 25.9 Å². The van der Waals surface area contributed by atoms with Crippen LogP contribution in [0.2, 0.25) is 0 Å². The maximum atomic E-state index is 12.3. The Kier molecular flexibility index (Phi) is 4.08. The predicted molar refractivity (Wildman–Crippen MR) is 69.6 cm³/mol. The van der Waals surface area contributed by atoms with Crippen molar-refractivity contribution in [3.8, 4) is 0 Å². The molecule has 2 saturated carbocycles. The monoisotopic (exact) mass is 238 g/mol. The molecule has 0 heterocycles. The highest BCUT2D eigenvalue weighted by Crippen LogP contribution is 2.40. The number of hydrogen-bond donors (Lipinski definition) is 1. The molecule has 0 spiro atoms. The fourth-order valence-electron chi connectivity index (χ4n) is 3.35. The summed E-state index contributed by atoms with van der Waals surface area (Å²) in [4.78, 5) is 14.3. The van der Waals surface area contributed by atoms with Crippen LogP contribution in [-0.4, -0.2) is 30.9 Å². The van der Waals surface area contributed by atoms with E-state index in [0.29, 0.717) is 11.8 Å². The van der Waals surface area contributed by atoms with Gasteiger partial charge in [-0.05, 0) is 32.2 Å². The molecule has 0 aliphatic heterocycles. The van der Waals surface area contributed by atoms with Gasteiger partial charge in [-0.1, -0.05) is 25.7 Å². The molecule has 0 atom stereocenters. The maximum Gasteiger partial charge on any atom is 0.225 e. The first-order chi connectivity index (χ1) is 8.17. The molecule has 17 heavy (non-hydrogen) atoms. The first-order valence-corrected chi connectivity index (χ1v) is 7.12. The van der Waals surface area contributed by atoms with Gasteiger partial charge < -0.3 is 10.6 Å². The second-order valence-corrected chi connectivity index (χ2v) is 6.09. The van der Waals surface area contributed by atoms with Crippen LogP contribution in [0.25, 0.3) is 0 Å². The van der Waals surface area contributed by atoms with Crippen LogP contribution in [0.4, 0.5) is 0 Å². The zero-order valence-electron chi connectivity index (χ0n) is 11.1. The molecule has 2 N–H and O–H groups in total. The van der Waals surface area contributed by atoms with Crippen LogP contribution in [0.15, 0.2) is 0 Å². The van der Waals surface area contributed by atoms with Crippen molar-refractivity contribution >= 4 is 5.91 Å². The second-order valence-electron chi connectivity index (χ2n) is 6.09. The van der Waals surface area contributed by atoms with Crippen LogP contribution in [-0.2, 0) is 4.79 Å². The van der Waals surface area contributed by atoms with Gasteiger partial charge in [0.1, 0.15) is 0 Å². The Morgan fingerprint density at radius 3 is 2.35 bits per heavy atom. The molecule has 0 aromatic heterocycles. The molecule has 0 aromatic carbocycles. The zero-order valence-corrected chi connectivity index (χ0v) is 11.1. The van der Waals surface area contributed by atoms with Crippen LogP contribution >= 0.6 is 0 Å². The van der Waals surface area contributed by atoms with Crippen LogP contribution in [0.1, 0.15) is 51.4 Å². The maximum absolute atomic E-state index is 12.3. The molecule has 2 aliphatic carbocycles. The number of rotatable bonds is 4. The molecule has 0 radical (unpaired) electrons. The standard InChI is InChI=1S/C14H26N2O/c1-16(11-14(10-15)8-5-9-14)13(17)12-6-3-2-4-7-12/h12H,2-11,15H2,1H3. The summed E-state index contributed by atoms with van der Waals surface area (Å²) < 4.78 is 0. The molecule has 2 rings (SSSR count). The van der Waals surface area contributed by atoms with Gasteiger partial charge in [-0.25, -0.2) is 0 Å². The molecule has 98 valence electrons. The number of carbonyl (C=O) groups excluding carboxylic acids is 1. The van der Waals surface area contributed by atoms with Crippen molar-refractivity contribution in [2.45, 2.75) is 51.4 Å². The summed E-state index contributed by atoms with van der Waals surface area (Å²) in [6, 6.07) is 0. The second kappa shape index (κ2) is 5.38. The minimum atomic E-state index is 0.249. The zero-order chi connectivity index (χ0) is 12.3. The number of nitrogens with zero attached hydrogens (tertiary/aromatic N) is 1. The Hall–Kier alpha value is -0.570. The van der Waals surface area contributed by atoms with E-state index in [4.69, 9.17) is 5.73 Å². The lowest BCUT2D eigenvalue weighted by atomic mass is 9.68. The van der Waals surface area contributed by atoms with E-state index in [2.05, 4.69) is 0 Å². The highest BCUT2D eigenvalue weighted by Gasteiger charge is 2.38. The van der Waals surface area contributed by atoms with E-state index in [1.807, 2.05) is 11.9 Å². The van der Waals surface area contributed by atoms with Gasteiger partial charge in [0.2, 0.25) is 5.91 Å². The number of carbonyl (C=O) groups is 1. The fourth-order valence-corrected chi connectivity index (χ4v) is 3.35. The van der Waals surface area contributed by atoms with E-state index in [9.17, 15) is 4.79 Å². The summed E-state index contributed by atoms with van der Waals surface area (Å²) in [6.07, 6.45) is 9.64. The van der Waals surface area contributed by atoms with Gasteiger partial charge in [0.05, 0.1) is 0 Å². The van der Waals surface area contributed by atoms with E-state index >= 15 is 0 Å². The Morgan fingerprint density at radius 2 is 1.88 bits per heavy atom. The topological polar surface area (TPSA) is 46.3 Å². The van der Waals surface area contributed by atoms with Gasteiger partial charge in [-0.15, -0.1) is 0 Å². The Balaban J connectivity index is 1.85. The Morgan fingerprint density at radius 1 is 1.24 bits per heavy atom. The van der Waals surface area contributed by atoms with E-state index in [1.165, 1.54) is 38.5 Å². The molecule has 3 nitrogen and oxygen atoms in total. The molecule has 0 unspecified atom stereocenters. The van der Waals surface area contributed by atoms with E-state index in [-0.39, 0.29) is 5.41 Å². The summed E-state index contributed by atoms with van der Waals surface area (Å²) in [6.45, 7) is 1.61. The van der Waals surface area contributed by atoms with Crippen LogP contribution in [0, 0.1) is 11.3 Å². The van der Waals surface area contributed by atoms with Crippen molar-refractivity contribution in [3.63, 3.8) is 0 Å². The van der Waals surface area contributed by atoms with Gasteiger partial charge in [0.15, 0.2) is 0 Å². The van der Waals surface area contributed by atoms with Crippen LogP contribution in [0.5, 0.6) is 0 Å². The van der Waals surface area contributed by atoms with E-state index in [1.54, 1.807) is 0 Å². The minimum absolute atomic E-state index is 0.249. The summed E-state index contributed by atoms with van der Waals surface area (Å²) in [5.41, 5.74) is 6.11. The highest BCUT2D eigenvalue weighted by atomic mass is 16.2. The van der Waals surface area contributed by atoms with Gasteiger partial charge in [0, 0.05) is 24.9 Å². The fraction of sp³-hybridized carbons (Fsp3) is 0.929. The van der Waals surface area contributed by atoms with Gasteiger partial charge in [0.25, 0.3) is 0 Å². The lowest BCUT2D eigenvalue weighted by Gasteiger charge is -2.44. The summed E-state index contributed by atoms with van der Waals surface area (Å²) in [5.74, 6) is 0.660. The molecular formula is C14H26N2O. The Bertz CT molecular complexity index is 262. The first kappa shape index (κ1) is 12.9. The minimum Gasteiger partial charge on any atom is -0.345 e. The summed E-state index contributed by atoms with van der Waals surface area (Å²) in [5, 5.41) is 0. The molecule has 0 aromatic rings. The molecule has 0 saturated heterocycles. The third-order valence-corrected chi connectivity index (χ3v) is 4.75. The predicted octanol–water partition coefficient (Wildman–Crippen LogP) is 2.15. The number of amides is 1. The van der Waals surface area contributed by atoms with Gasteiger partial charge >= 0.3 is 0 Å². The van der Waals surface area contributed by atoms with E-state index < -0.39 is 0 Å². The smallest absolute Gasteiger partial charge is 0.225 e. The summed E-state index contributed by atoms with van der Waals surface area (Å²) in [7, 11) is 1.96. The number of nitrogens with two attached hydrogens (primary N) is 1. The van der Waals surface area contributed by atoms with Crippen LogP contribution < -0.4 is 5.73 Å². The van der Waals surface area contributed by atoms with Crippen molar-refractivity contribution in [3.05, 3.63) is 0 Å². The van der Waals surface area contributed by atoms with Crippen molar-refractivity contribution in [2.24, 2.45) is 17.1 Å². The molecule has 2 aliphatic rings. The van der Waals surface area contributed by atoms with Crippen molar-refractivity contribution < 1.29 is 4.79 Å². The van der Waals surface area contributed by atoms with Crippen LogP contribution in [0.3, 0.4) is 0 Å². The largest absolute Gasteiger partial charge is 0.345 e. The lowest BCUT2D eigenvalue weighted by Crippen LogP contribution is -2.48. The highest BCUT2D eigenvalue weighted by molar-refractivity contribution is 5.78. The average Bonchev–Trinajstić information content (AvgIpc) is 2.33. The molecule has 1 amide bonds. The molecule has 2 fully saturated rings. The molecular weight excluding hydrogens is 212 g/mol. The molecule has 3 heteroatoms. The third-order valence-electron chi connectivity index (χ3n) is 4.75. The quantitative estimate of drug-likeness (QED) is 0.815. The van der Waals surface area contributed by atoms with Crippen molar-refractivity contribution in [1.82, 2.24) is 4.90 Å². The third kappa shape index (κ3) is 2.82. The van der Waals surface area contributed by atoms with Crippen molar-refractivity contribution in [1.29, 1.82) is 0 Å². The SMILES string of the molecule is CN(CC1(CN)CCC1)C(=O)C1CCCCC1. The summed E-state index contributed by atoms with van der Waals surface area (Å²) >= 11 is 0.